The minimum atomic E-state index is -1.13. The van der Waals surface area contributed by atoms with Gasteiger partial charge in [-0.3, -0.25) is 4.79 Å². The summed E-state index contributed by atoms with van der Waals surface area (Å²) in [4.78, 5) is 29.7. The zero-order valence-electron chi connectivity index (χ0n) is 17.8. The number of pyridine rings is 2. The summed E-state index contributed by atoms with van der Waals surface area (Å²) in [6.07, 6.45) is 4.11. The molecule has 2 N–H and O–H groups in total. The molecular formula is C21H19Cl2N7O4. The SMILES string of the molecule is C[C@@H](CO)OC[C@H](Oc1ncnc2c1cnn2-c1ncccc1Cl)C(=O)Nc1ccc(Cl)cn1. The number of rotatable bonds is 9. The van der Waals surface area contributed by atoms with Gasteiger partial charge < -0.3 is 19.9 Å². The van der Waals surface area contributed by atoms with Gasteiger partial charge in [-0.05, 0) is 31.2 Å². The molecule has 2 atom stereocenters. The van der Waals surface area contributed by atoms with Crippen LogP contribution in [0.15, 0.2) is 49.2 Å². The van der Waals surface area contributed by atoms with E-state index >= 15 is 0 Å². The van der Waals surface area contributed by atoms with E-state index in [1.807, 2.05) is 0 Å². The first kappa shape index (κ1) is 23.8. The first-order valence-corrected chi connectivity index (χ1v) is 10.8. The molecule has 0 radical (unpaired) electrons. The average Bonchev–Trinajstić information content (AvgIpc) is 3.28. The van der Waals surface area contributed by atoms with Crippen LogP contribution in [0, 0.1) is 0 Å². The third-order valence-electron chi connectivity index (χ3n) is 4.58. The lowest BCUT2D eigenvalue weighted by molar-refractivity contribution is -0.127. The number of carbonyl (C=O) groups is 1. The number of ether oxygens (including phenoxy) is 2. The predicted molar refractivity (Wildman–Crippen MR) is 124 cm³/mol. The van der Waals surface area contributed by atoms with E-state index in [2.05, 4.69) is 30.4 Å². The van der Waals surface area contributed by atoms with Gasteiger partial charge in [-0.25, -0.2) is 19.9 Å². The Morgan fingerprint density at radius 3 is 2.76 bits per heavy atom. The topological polar surface area (TPSA) is 137 Å². The van der Waals surface area contributed by atoms with Crippen LogP contribution in [0.25, 0.3) is 16.9 Å². The van der Waals surface area contributed by atoms with Crippen molar-refractivity contribution < 1.29 is 19.4 Å². The first-order chi connectivity index (χ1) is 16.5. The average molecular weight is 504 g/mol. The van der Waals surface area contributed by atoms with Crippen LogP contribution in [0.3, 0.4) is 0 Å². The van der Waals surface area contributed by atoms with Crippen LogP contribution in [0.1, 0.15) is 6.92 Å². The van der Waals surface area contributed by atoms with Crippen molar-refractivity contribution in [3.63, 3.8) is 0 Å². The van der Waals surface area contributed by atoms with E-state index in [1.54, 1.807) is 37.4 Å². The number of aliphatic hydroxyl groups is 1. The highest BCUT2D eigenvalue weighted by Gasteiger charge is 2.25. The lowest BCUT2D eigenvalue weighted by Gasteiger charge is -2.20. The van der Waals surface area contributed by atoms with Crippen molar-refractivity contribution in [2.45, 2.75) is 19.1 Å². The van der Waals surface area contributed by atoms with Gasteiger partial charge in [0.15, 0.2) is 11.5 Å². The normalized spacial score (nSPS) is 12.9. The standard InChI is InChI=1S/C21H19Cl2N7O4/c1-12(9-31)33-10-16(20(32)29-17-5-4-13(22)7-25-17)34-21-14-8-28-30(18(14)26-11-27-21)19-15(23)3-2-6-24-19/h2-8,11-12,16,31H,9-10H2,1H3,(H,25,29,32)/t12-,16-/m0/s1. The quantitative estimate of drug-likeness (QED) is 0.352. The number of anilines is 1. The Kier molecular flexibility index (Phi) is 7.48. The van der Waals surface area contributed by atoms with Crippen LogP contribution < -0.4 is 10.1 Å². The molecule has 4 aromatic heterocycles. The number of carbonyl (C=O) groups excluding carboxylic acids is 1. The van der Waals surface area contributed by atoms with Crippen molar-refractivity contribution in [3.05, 3.63) is 59.2 Å². The number of nitrogens with one attached hydrogen (secondary N) is 1. The molecule has 0 aromatic carbocycles. The summed E-state index contributed by atoms with van der Waals surface area (Å²) < 4.78 is 12.9. The fraction of sp³-hybridized carbons (Fsp3) is 0.238. The van der Waals surface area contributed by atoms with Gasteiger partial charge in [0.1, 0.15) is 17.5 Å². The summed E-state index contributed by atoms with van der Waals surface area (Å²) in [6, 6.07) is 6.53. The number of hydrogen-bond donors (Lipinski definition) is 2. The Morgan fingerprint density at radius 2 is 2.03 bits per heavy atom. The molecular weight excluding hydrogens is 485 g/mol. The van der Waals surface area contributed by atoms with Crippen LogP contribution >= 0.6 is 23.2 Å². The number of aliphatic hydroxyl groups excluding tert-OH is 1. The van der Waals surface area contributed by atoms with Crippen LogP contribution in [0.5, 0.6) is 5.88 Å². The molecule has 0 aliphatic carbocycles. The molecule has 1 amide bonds. The van der Waals surface area contributed by atoms with Gasteiger partial charge in [0.05, 0.1) is 35.6 Å². The molecule has 4 rings (SSSR count). The molecule has 11 nitrogen and oxygen atoms in total. The molecule has 176 valence electrons. The van der Waals surface area contributed by atoms with Gasteiger partial charge in [-0.2, -0.15) is 9.78 Å². The number of amides is 1. The fourth-order valence-corrected chi connectivity index (χ4v) is 3.18. The molecule has 4 heterocycles. The predicted octanol–water partition coefficient (Wildman–Crippen LogP) is 2.70. The Hall–Kier alpha value is -3.38. The highest BCUT2D eigenvalue weighted by atomic mass is 35.5. The summed E-state index contributed by atoms with van der Waals surface area (Å²) in [5.74, 6) is 0.232. The van der Waals surface area contributed by atoms with Crippen molar-refractivity contribution in [3.8, 4) is 11.7 Å². The van der Waals surface area contributed by atoms with Crippen molar-refractivity contribution in [1.82, 2.24) is 29.7 Å². The molecule has 0 saturated carbocycles. The van der Waals surface area contributed by atoms with Gasteiger partial charge >= 0.3 is 0 Å². The summed E-state index contributed by atoms with van der Waals surface area (Å²) in [5, 5.41) is 17.5. The number of nitrogens with zero attached hydrogens (tertiary/aromatic N) is 6. The Morgan fingerprint density at radius 1 is 1.18 bits per heavy atom. The van der Waals surface area contributed by atoms with E-state index in [0.717, 1.165) is 0 Å². The van der Waals surface area contributed by atoms with E-state index < -0.39 is 18.1 Å². The zero-order valence-corrected chi connectivity index (χ0v) is 19.3. The number of fused-ring (bicyclic) bond motifs is 1. The molecule has 0 fully saturated rings. The monoisotopic (exact) mass is 503 g/mol. The number of aromatic nitrogens is 6. The largest absolute Gasteiger partial charge is 0.461 e. The maximum absolute atomic E-state index is 13.0. The fourth-order valence-electron chi connectivity index (χ4n) is 2.86. The Labute approximate surface area is 203 Å². The lowest BCUT2D eigenvalue weighted by atomic mass is 10.3. The van der Waals surface area contributed by atoms with Crippen LogP contribution in [0.2, 0.25) is 10.0 Å². The summed E-state index contributed by atoms with van der Waals surface area (Å²) >= 11 is 12.1. The Balaban J connectivity index is 1.62. The molecule has 0 aliphatic heterocycles. The van der Waals surface area contributed by atoms with Crippen molar-refractivity contribution in [1.29, 1.82) is 0 Å². The first-order valence-electron chi connectivity index (χ1n) is 10.1. The molecule has 0 aliphatic rings. The van der Waals surface area contributed by atoms with Crippen LogP contribution in [-0.2, 0) is 9.53 Å². The Bertz CT molecular complexity index is 1290. The minimum absolute atomic E-state index is 0.104. The zero-order chi connectivity index (χ0) is 24.1. The molecule has 4 aromatic rings. The molecule has 0 saturated heterocycles. The second kappa shape index (κ2) is 10.7. The maximum Gasteiger partial charge on any atom is 0.269 e. The highest BCUT2D eigenvalue weighted by Crippen LogP contribution is 2.26. The van der Waals surface area contributed by atoms with Gasteiger partial charge in [0, 0.05) is 12.4 Å². The second-order valence-corrected chi connectivity index (χ2v) is 7.91. The van der Waals surface area contributed by atoms with Crippen molar-refractivity contribution >= 4 is 46.0 Å². The summed E-state index contributed by atoms with van der Waals surface area (Å²) in [7, 11) is 0. The van der Waals surface area contributed by atoms with Crippen molar-refractivity contribution in [2.75, 3.05) is 18.5 Å². The van der Waals surface area contributed by atoms with E-state index in [1.165, 1.54) is 23.4 Å². The van der Waals surface area contributed by atoms with Gasteiger partial charge in [-0.15, -0.1) is 0 Å². The van der Waals surface area contributed by atoms with Gasteiger partial charge in [0.25, 0.3) is 5.91 Å². The molecule has 34 heavy (non-hydrogen) atoms. The molecule has 0 unspecified atom stereocenters. The van der Waals surface area contributed by atoms with E-state index in [4.69, 9.17) is 32.7 Å². The molecule has 13 heteroatoms. The third-order valence-corrected chi connectivity index (χ3v) is 5.10. The summed E-state index contributed by atoms with van der Waals surface area (Å²) in [6.45, 7) is 1.29. The number of hydrogen-bond acceptors (Lipinski definition) is 9. The van der Waals surface area contributed by atoms with E-state index in [-0.39, 0.29) is 24.9 Å². The third kappa shape index (κ3) is 5.39. The molecule has 0 spiro atoms. The van der Waals surface area contributed by atoms with Gasteiger partial charge in [-0.1, -0.05) is 23.2 Å². The van der Waals surface area contributed by atoms with E-state index in [0.29, 0.717) is 26.9 Å². The maximum atomic E-state index is 13.0. The molecule has 0 bridgehead atoms. The van der Waals surface area contributed by atoms with Crippen molar-refractivity contribution in [2.24, 2.45) is 0 Å². The van der Waals surface area contributed by atoms with E-state index in [9.17, 15) is 9.90 Å². The smallest absolute Gasteiger partial charge is 0.269 e. The minimum Gasteiger partial charge on any atom is -0.461 e. The van der Waals surface area contributed by atoms with Crippen LogP contribution in [-0.4, -0.2) is 66.2 Å². The number of halogens is 2. The van der Waals surface area contributed by atoms with Crippen LogP contribution in [0.4, 0.5) is 5.82 Å². The second-order valence-electron chi connectivity index (χ2n) is 7.07. The highest BCUT2D eigenvalue weighted by molar-refractivity contribution is 6.32. The lowest BCUT2D eigenvalue weighted by Crippen LogP contribution is -2.38. The van der Waals surface area contributed by atoms with Gasteiger partial charge in [0.2, 0.25) is 12.0 Å². The summed E-state index contributed by atoms with van der Waals surface area (Å²) in [5.41, 5.74) is 0.383.